The minimum atomic E-state index is 0.224. The predicted octanol–water partition coefficient (Wildman–Crippen LogP) is 6.79. The Morgan fingerprint density at radius 1 is 0.429 bits per heavy atom. The van der Waals surface area contributed by atoms with E-state index in [0.29, 0.717) is 17.5 Å². The number of hydrogen-bond acceptors (Lipinski definition) is 5. The second-order valence-electron chi connectivity index (χ2n) is 8.16. The topological polar surface area (TPSA) is 71.8 Å². The summed E-state index contributed by atoms with van der Waals surface area (Å²) in [6.45, 7) is 0. The maximum Gasteiger partial charge on any atom is 0.164 e. The first-order valence-corrected chi connectivity index (χ1v) is 11.3. The van der Waals surface area contributed by atoms with Crippen molar-refractivity contribution in [1.82, 2.24) is 19.9 Å². The van der Waals surface area contributed by atoms with Gasteiger partial charge in [-0.3, -0.25) is 0 Å². The number of benzene rings is 4. The molecule has 4 aromatic carbocycles. The van der Waals surface area contributed by atoms with E-state index < -0.39 is 0 Å². The molecular weight excluding hydrogens is 432 g/mol. The maximum absolute atomic E-state index is 10.1. The van der Waals surface area contributed by atoms with E-state index >= 15 is 0 Å². The highest BCUT2D eigenvalue weighted by atomic mass is 16.3. The van der Waals surface area contributed by atoms with Crippen molar-refractivity contribution in [3.05, 3.63) is 115 Å². The number of aromatic nitrogens is 4. The average Bonchev–Trinajstić information content (AvgIpc) is 2.94. The van der Waals surface area contributed by atoms with Crippen molar-refractivity contribution in [2.45, 2.75) is 0 Å². The minimum Gasteiger partial charge on any atom is -0.507 e. The number of fused-ring (bicyclic) bond motifs is 1. The van der Waals surface area contributed by atoms with E-state index in [4.69, 9.17) is 19.9 Å². The van der Waals surface area contributed by atoms with Crippen LogP contribution in [-0.2, 0) is 0 Å². The van der Waals surface area contributed by atoms with Gasteiger partial charge in [-0.2, -0.15) is 0 Å². The molecule has 0 fully saturated rings. The van der Waals surface area contributed by atoms with Crippen LogP contribution in [0.15, 0.2) is 115 Å². The molecule has 0 aliphatic rings. The van der Waals surface area contributed by atoms with Crippen LogP contribution in [0.3, 0.4) is 0 Å². The van der Waals surface area contributed by atoms with Crippen molar-refractivity contribution in [2.24, 2.45) is 0 Å². The molecule has 0 bridgehead atoms. The van der Waals surface area contributed by atoms with Gasteiger partial charge in [-0.05, 0) is 30.3 Å². The molecule has 0 saturated carbocycles. The van der Waals surface area contributed by atoms with Crippen LogP contribution in [-0.4, -0.2) is 25.0 Å². The van der Waals surface area contributed by atoms with Crippen LogP contribution in [0.25, 0.3) is 56.3 Å². The van der Waals surface area contributed by atoms with Gasteiger partial charge >= 0.3 is 0 Å². The molecule has 35 heavy (non-hydrogen) atoms. The number of hydrogen-bond donors (Lipinski definition) is 1. The summed E-state index contributed by atoms with van der Waals surface area (Å²) in [6.07, 6.45) is 0. The van der Waals surface area contributed by atoms with E-state index in [0.717, 1.165) is 38.9 Å². The number of rotatable bonds is 4. The molecule has 0 aliphatic heterocycles. The van der Waals surface area contributed by atoms with Crippen molar-refractivity contribution in [2.75, 3.05) is 0 Å². The molecule has 0 atom stereocenters. The third kappa shape index (κ3) is 4.11. The Labute approximate surface area is 202 Å². The summed E-state index contributed by atoms with van der Waals surface area (Å²) in [5, 5.41) is 10.8. The molecule has 2 heterocycles. The summed E-state index contributed by atoms with van der Waals surface area (Å²) in [4.78, 5) is 19.2. The fourth-order valence-electron chi connectivity index (χ4n) is 4.05. The fraction of sp³-hybridized carbons (Fsp3) is 0. The molecule has 0 saturated heterocycles. The highest BCUT2D eigenvalue weighted by Crippen LogP contribution is 2.30. The van der Waals surface area contributed by atoms with E-state index in [-0.39, 0.29) is 5.75 Å². The molecule has 166 valence electrons. The Bertz CT molecular complexity index is 1590. The maximum atomic E-state index is 10.1. The molecule has 5 nitrogen and oxygen atoms in total. The lowest BCUT2D eigenvalue weighted by molar-refractivity contribution is 0.481. The monoisotopic (exact) mass is 452 g/mol. The van der Waals surface area contributed by atoms with Gasteiger partial charge in [0.1, 0.15) is 5.75 Å². The zero-order valence-corrected chi connectivity index (χ0v) is 18.7. The zero-order chi connectivity index (χ0) is 23.6. The number of phenols is 1. The Balaban J connectivity index is 1.48. The van der Waals surface area contributed by atoms with Gasteiger partial charge in [-0.15, -0.1) is 0 Å². The largest absolute Gasteiger partial charge is 0.507 e. The van der Waals surface area contributed by atoms with E-state index in [1.807, 2.05) is 103 Å². The van der Waals surface area contributed by atoms with Gasteiger partial charge in [0.2, 0.25) is 0 Å². The van der Waals surface area contributed by atoms with Crippen molar-refractivity contribution >= 4 is 10.9 Å². The molecule has 6 aromatic rings. The van der Waals surface area contributed by atoms with Crippen LogP contribution in [0.4, 0.5) is 0 Å². The van der Waals surface area contributed by atoms with E-state index in [1.54, 1.807) is 12.1 Å². The van der Waals surface area contributed by atoms with Crippen molar-refractivity contribution < 1.29 is 5.11 Å². The fourth-order valence-corrected chi connectivity index (χ4v) is 4.05. The van der Waals surface area contributed by atoms with Gasteiger partial charge in [0, 0.05) is 27.6 Å². The molecule has 5 heteroatoms. The molecule has 0 unspecified atom stereocenters. The van der Waals surface area contributed by atoms with Gasteiger partial charge < -0.3 is 5.11 Å². The Morgan fingerprint density at radius 2 is 0.971 bits per heavy atom. The minimum absolute atomic E-state index is 0.224. The van der Waals surface area contributed by atoms with Gasteiger partial charge in [0.25, 0.3) is 0 Å². The highest BCUT2D eigenvalue weighted by molar-refractivity contribution is 5.87. The molecule has 1 N–H and O–H groups in total. The highest BCUT2D eigenvalue weighted by Gasteiger charge is 2.13. The van der Waals surface area contributed by atoms with Crippen molar-refractivity contribution in [1.29, 1.82) is 0 Å². The van der Waals surface area contributed by atoms with E-state index in [2.05, 4.69) is 0 Å². The zero-order valence-electron chi connectivity index (χ0n) is 18.7. The summed E-state index contributed by atoms with van der Waals surface area (Å²) >= 11 is 0. The first-order valence-electron chi connectivity index (χ1n) is 11.3. The van der Waals surface area contributed by atoms with Crippen molar-refractivity contribution in [3.8, 4) is 51.2 Å². The second kappa shape index (κ2) is 8.80. The summed E-state index contributed by atoms with van der Waals surface area (Å²) in [6, 6.07) is 37.0. The van der Waals surface area contributed by atoms with Gasteiger partial charge in [0.15, 0.2) is 17.5 Å². The third-order valence-electron chi connectivity index (χ3n) is 5.82. The summed E-state index contributed by atoms with van der Waals surface area (Å²) in [5.41, 5.74) is 5.23. The van der Waals surface area contributed by atoms with Crippen LogP contribution < -0.4 is 0 Å². The number of aromatic hydroxyl groups is 1. The van der Waals surface area contributed by atoms with Crippen LogP contribution in [0, 0.1) is 0 Å². The Hall–Kier alpha value is -4.90. The molecule has 2 aromatic heterocycles. The third-order valence-corrected chi connectivity index (χ3v) is 5.82. The molecule has 0 spiro atoms. The summed E-state index contributed by atoms with van der Waals surface area (Å²) in [7, 11) is 0. The predicted molar refractivity (Wildman–Crippen MR) is 139 cm³/mol. The van der Waals surface area contributed by atoms with Gasteiger partial charge in [-0.1, -0.05) is 84.9 Å². The lowest BCUT2D eigenvalue weighted by Crippen LogP contribution is -2.00. The molecule has 0 amide bonds. The van der Waals surface area contributed by atoms with Crippen molar-refractivity contribution in [3.63, 3.8) is 0 Å². The smallest absolute Gasteiger partial charge is 0.164 e. The standard InChI is InChI=1S/C30H20N4O/c35-27-16-8-15-26-24(27)17-18-25(31-26)22-13-7-14-23(19-22)30-33-28(20-9-3-1-4-10-20)32-29(34-30)21-11-5-2-6-12-21/h1-19,35H. The van der Waals surface area contributed by atoms with Crippen LogP contribution in [0.1, 0.15) is 0 Å². The molecular formula is C30H20N4O. The summed E-state index contributed by atoms with van der Waals surface area (Å²) < 4.78 is 0. The first kappa shape index (κ1) is 20.7. The lowest BCUT2D eigenvalue weighted by atomic mass is 10.1. The van der Waals surface area contributed by atoms with E-state index in [1.165, 1.54) is 0 Å². The summed E-state index contributed by atoms with van der Waals surface area (Å²) in [5.74, 6) is 2.07. The number of phenolic OH excluding ortho intramolecular Hbond substituents is 1. The molecule has 6 rings (SSSR count). The molecule has 0 radical (unpaired) electrons. The average molecular weight is 453 g/mol. The SMILES string of the molecule is Oc1cccc2nc(-c3cccc(-c4nc(-c5ccccc5)nc(-c5ccccc5)n4)c3)ccc12. The first-order chi connectivity index (χ1) is 17.2. The van der Waals surface area contributed by atoms with Crippen LogP contribution >= 0.6 is 0 Å². The van der Waals surface area contributed by atoms with E-state index in [9.17, 15) is 5.11 Å². The Kier molecular flexibility index (Phi) is 5.20. The number of pyridine rings is 1. The van der Waals surface area contributed by atoms with Gasteiger partial charge in [-0.25, -0.2) is 19.9 Å². The van der Waals surface area contributed by atoms with Crippen LogP contribution in [0.5, 0.6) is 5.75 Å². The Morgan fingerprint density at radius 3 is 1.63 bits per heavy atom. The van der Waals surface area contributed by atoms with Gasteiger partial charge in [0.05, 0.1) is 11.2 Å². The normalized spacial score (nSPS) is 11.0. The molecule has 0 aliphatic carbocycles. The number of nitrogens with zero attached hydrogens (tertiary/aromatic N) is 4. The quantitative estimate of drug-likeness (QED) is 0.319. The van der Waals surface area contributed by atoms with Crippen LogP contribution in [0.2, 0.25) is 0 Å². The second-order valence-corrected chi connectivity index (χ2v) is 8.16. The lowest BCUT2D eigenvalue weighted by Gasteiger charge is -2.10.